The normalized spacial score (nSPS) is 9.83. The fourth-order valence-corrected chi connectivity index (χ4v) is 10.2. The average Bonchev–Trinajstić information content (AvgIpc) is 3.12. The van der Waals surface area contributed by atoms with Crippen LogP contribution in [0.2, 0.25) is 0 Å². The number of benzene rings is 7. The molecule has 0 aromatic heterocycles. The molecule has 0 aliphatic rings. The van der Waals surface area contributed by atoms with Crippen molar-refractivity contribution in [2.45, 2.75) is 0 Å². The molecule has 0 fully saturated rings. The molecular formula is C43H38Au2P2+2. The first-order valence-electron chi connectivity index (χ1n) is 15.1. The Kier molecular flexibility index (Phi) is 17.5. The van der Waals surface area contributed by atoms with Crippen LogP contribution in [-0.4, -0.2) is 0 Å². The molecule has 0 saturated carbocycles. The van der Waals surface area contributed by atoms with E-state index in [1.54, 1.807) is 0 Å². The minimum absolute atomic E-state index is 0. The number of hydrogen-bond acceptors (Lipinski definition) is 0. The van der Waals surface area contributed by atoms with Crippen LogP contribution in [0.5, 0.6) is 0 Å². The van der Waals surface area contributed by atoms with E-state index in [0.717, 1.165) is 5.56 Å². The molecule has 7 rings (SSSR count). The summed E-state index contributed by atoms with van der Waals surface area (Å²) in [6, 6.07) is 75.5. The van der Waals surface area contributed by atoms with Crippen molar-refractivity contribution in [3.63, 3.8) is 0 Å². The standard InChI is InChI=1S/2C18H15P.C7H6.2Au/c2*1-4-10-16(11-5-1)19(17-12-6-2-7-13-17)18-14-8-3-9-15-18;1-7-5-3-2-4-6-7;;/h2*1-15H;2-3,5-6H,1H2;;/q;;-2;2*+1/p+2. The van der Waals surface area contributed by atoms with Crippen LogP contribution < -0.4 is 31.8 Å². The number of rotatable bonds is 6. The minimum Gasteiger partial charge on any atom is -0.306 e. The van der Waals surface area contributed by atoms with Crippen molar-refractivity contribution < 1.29 is 44.8 Å². The summed E-state index contributed by atoms with van der Waals surface area (Å²) in [6.45, 7) is 3.69. The smallest absolute Gasteiger partial charge is 0.306 e. The van der Waals surface area contributed by atoms with Gasteiger partial charge in [-0.05, 0) is 72.8 Å². The summed E-state index contributed by atoms with van der Waals surface area (Å²) in [5.74, 6) is 0. The summed E-state index contributed by atoms with van der Waals surface area (Å²) in [5, 5.41) is 8.61. The zero-order chi connectivity index (χ0) is 30.9. The van der Waals surface area contributed by atoms with Gasteiger partial charge in [0.2, 0.25) is 0 Å². The molecule has 240 valence electrons. The van der Waals surface area contributed by atoms with E-state index in [4.69, 9.17) is 0 Å². The first-order chi connectivity index (χ1) is 22.3. The maximum atomic E-state index is 3.69. The second kappa shape index (κ2) is 21.6. The van der Waals surface area contributed by atoms with Gasteiger partial charge >= 0.3 is 44.8 Å². The first kappa shape index (κ1) is 38.2. The zero-order valence-electron chi connectivity index (χ0n) is 25.9. The van der Waals surface area contributed by atoms with Gasteiger partial charge in [-0.15, -0.1) is 0 Å². The van der Waals surface area contributed by atoms with E-state index < -0.39 is 15.8 Å². The monoisotopic (exact) mass is 1010 g/mol. The van der Waals surface area contributed by atoms with Gasteiger partial charge in [0.1, 0.15) is 31.8 Å². The average molecular weight is 1010 g/mol. The van der Waals surface area contributed by atoms with Crippen molar-refractivity contribution in [3.05, 3.63) is 225 Å². The Morgan fingerprint density at radius 3 is 0.702 bits per heavy atom. The van der Waals surface area contributed by atoms with Crippen molar-refractivity contribution in [1.29, 1.82) is 0 Å². The fourth-order valence-electron chi connectivity index (χ4n) is 5.06. The predicted molar refractivity (Wildman–Crippen MR) is 203 cm³/mol. The topological polar surface area (TPSA) is 0 Å². The summed E-state index contributed by atoms with van der Waals surface area (Å²) < 4.78 is 0. The van der Waals surface area contributed by atoms with Crippen molar-refractivity contribution in [1.82, 2.24) is 0 Å². The van der Waals surface area contributed by atoms with Gasteiger partial charge in [0.05, 0.1) is 15.8 Å². The molecule has 0 bridgehead atoms. The van der Waals surface area contributed by atoms with Crippen LogP contribution in [0, 0.1) is 13.0 Å². The molecule has 0 aliphatic heterocycles. The van der Waals surface area contributed by atoms with E-state index in [9.17, 15) is 0 Å². The number of hydrogen-bond donors (Lipinski definition) is 0. The Morgan fingerprint density at radius 1 is 0.319 bits per heavy atom. The molecule has 0 N–H and O–H groups in total. The van der Waals surface area contributed by atoms with Crippen molar-refractivity contribution >= 4 is 47.7 Å². The van der Waals surface area contributed by atoms with E-state index in [-0.39, 0.29) is 44.8 Å². The molecule has 7 aromatic carbocycles. The van der Waals surface area contributed by atoms with Crippen LogP contribution in [0.4, 0.5) is 0 Å². The van der Waals surface area contributed by atoms with Crippen LogP contribution in [0.1, 0.15) is 5.56 Å². The molecule has 0 nitrogen and oxygen atoms in total. The van der Waals surface area contributed by atoms with Crippen molar-refractivity contribution in [3.8, 4) is 0 Å². The Hall–Kier alpha value is -3.25. The van der Waals surface area contributed by atoms with Crippen LogP contribution in [-0.2, 0) is 44.8 Å². The molecule has 0 unspecified atom stereocenters. The molecule has 0 radical (unpaired) electrons. The predicted octanol–water partition coefficient (Wildman–Crippen LogP) is 8.02. The summed E-state index contributed by atoms with van der Waals surface area (Å²) in [6.07, 6.45) is 0. The van der Waals surface area contributed by atoms with E-state index in [1.165, 1.54) is 31.8 Å². The third kappa shape index (κ3) is 12.1. The zero-order valence-corrected chi connectivity index (χ0v) is 32.3. The molecule has 0 heterocycles. The van der Waals surface area contributed by atoms with Gasteiger partial charge in [-0.25, -0.2) is 12.1 Å². The summed E-state index contributed by atoms with van der Waals surface area (Å²) >= 11 is 0. The summed E-state index contributed by atoms with van der Waals surface area (Å²) in [7, 11) is -1.75. The first-order valence-corrected chi connectivity index (χ1v) is 18.1. The largest absolute Gasteiger partial charge is 1.00 e. The van der Waals surface area contributed by atoms with Crippen LogP contribution in [0.15, 0.2) is 206 Å². The SMILES string of the molecule is [Au+].[Au+].[CH2-]c1c[c-]ccc1.c1ccc([PH+](c2ccccc2)c2ccccc2)cc1.c1ccc([PH+](c2ccccc2)c2ccccc2)cc1. The van der Waals surface area contributed by atoms with E-state index in [1.807, 2.05) is 24.3 Å². The summed E-state index contributed by atoms with van der Waals surface area (Å²) in [5.41, 5.74) is 1.02. The van der Waals surface area contributed by atoms with Gasteiger partial charge in [-0.3, -0.25) is 25.1 Å². The van der Waals surface area contributed by atoms with E-state index in [2.05, 4.69) is 195 Å². The maximum Gasteiger partial charge on any atom is 1.00 e. The van der Waals surface area contributed by atoms with Crippen LogP contribution in [0.25, 0.3) is 0 Å². The van der Waals surface area contributed by atoms with Gasteiger partial charge in [-0.1, -0.05) is 109 Å². The van der Waals surface area contributed by atoms with Gasteiger partial charge in [0.15, 0.2) is 0 Å². The van der Waals surface area contributed by atoms with Gasteiger partial charge in [-0.2, -0.15) is 0 Å². The van der Waals surface area contributed by atoms with Gasteiger partial charge < -0.3 is 5.56 Å². The second-order valence-corrected chi connectivity index (χ2v) is 15.3. The van der Waals surface area contributed by atoms with Crippen LogP contribution >= 0.6 is 15.8 Å². The van der Waals surface area contributed by atoms with Gasteiger partial charge in [0.25, 0.3) is 0 Å². The second-order valence-electron chi connectivity index (χ2n) is 10.4. The third-order valence-corrected chi connectivity index (χ3v) is 12.6. The molecule has 4 heteroatoms. The minimum atomic E-state index is -0.877. The quantitative estimate of drug-likeness (QED) is 0.0901. The van der Waals surface area contributed by atoms with Gasteiger partial charge in [0, 0.05) is 0 Å². The Morgan fingerprint density at radius 2 is 0.553 bits per heavy atom. The molecule has 0 aliphatic carbocycles. The molecule has 7 aromatic rings. The molecule has 0 atom stereocenters. The molecule has 0 saturated heterocycles. The molecular weight excluding hydrogens is 972 g/mol. The van der Waals surface area contributed by atoms with Crippen molar-refractivity contribution in [2.75, 3.05) is 0 Å². The van der Waals surface area contributed by atoms with E-state index >= 15 is 0 Å². The molecule has 0 amide bonds. The Balaban J connectivity index is 0.000000205. The molecule has 47 heavy (non-hydrogen) atoms. The Labute approximate surface area is 314 Å². The van der Waals surface area contributed by atoms with E-state index in [0.29, 0.717) is 0 Å². The summed E-state index contributed by atoms with van der Waals surface area (Å²) in [4.78, 5) is 0. The maximum absolute atomic E-state index is 3.69. The molecule has 0 spiro atoms. The fraction of sp³-hybridized carbons (Fsp3) is 0. The van der Waals surface area contributed by atoms with Crippen molar-refractivity contribution in [2.24, 2.45) is 0 Å². The Bertz CT molecular complexity index is 1470. The van der Waals surface area contributed by atoms with Crippen LogP contribution in [0.3, 0.4) is 0 Å². The third-order valence-electron chi connectivity index (χ3n) is 7.15.